The molecule has 1 aromatic carbocycles. The molecular formula is C20H21ClN4O4S2. The summed E-state index contributed by atoms with van der Waals surface area (Å²) in [4.78, 5) is 25.9. The Labute approximate surface area is 188 Å². The average Bonchev–Trinajstić information content (AvgIpc) is 3.36. The van der Waals surface area contributed by atoms with Crippen LogP contribution in [0.2, 0.25) is 5.02 Å². The van der Waals surface area contributed by atoms with Gasteiger partial charge in [0.2, 0.25) is 10.0 Å². The highest BCUT2D eigenvalue weighted by Crippen LogP contribution is 2.28. The molecule has 3 heterocycles. The highest BCUT2D eigenvalue weighted by atomic mass is 35.5. The molecule has 0 amide bonds. The highest BCUT2D eigenvalue weighted by molar-refractivity contribution is 7.88. The monoisotopic (exact) mass is 480 g/mol. The molecular weight excluding hydrogens is 460 g/mol. The van der Waals surface area contributed by atoms with Gasteiger partial charge in [-0.25, -0.2) is 26.8 Å². The number of carbonyl (C=O) groups excluding carboxylic acids is 1. The minimum Gasteiger partial charge on any atom is -0.292 e. The fourth-order valence-corrected chi connectivity index (χ4v) is 5.48. The number of hydrogen-bond donors (Lipinski definition) is 0. The highest BCUT2D eigenvalue weighted by Gasteiger charge is 2.32. The van der Waals surface area contributed by atoms with E-state index in [1.54, 1.807) is 30.3 Å². The van der Waals surface area contributed by atoms with E-state index in [9.17, 15) is 18.0 Å². The molecule has 0 N–H and O–H groups in total. The van der Waals surface area contributed by atoms with E-state index in [-0.39, 0.29) is 24.8 Å². The lowest BCUT2D eigenvalue weighted by atomic mass is 9.99. The van der Waals surface area contributed by atoms with Crippen molar-refractivity contribution in [3.8, 4) is 5.00 Å². The molecule has 0 saturated carbocycles. The number of halogens is 1. The van der Waals surface area contributed by atoms with Crippen LogP contribution in [0.25, 0.3) is 5.00 Å². The van der Waals surface area contributed by atoms with Crippen molar-refractivity contribution in [3.63, 3.8) is 0 Å². The quantitative estimate of drug-likeness (QED) is 0.505. The summed E-state index contributed by atoms with van der Waals surface area (Å²) in [6, 6.07) is 10.1. The number of ketones is 1. The summed E-state index contributed by atoms with van der Waals surface area (Å²) in [6.07, 6.45) is 2.57. The summed E-state index contributed by atoms with van der Waals surface area (Å²) >= 11 is 7.27. The zero-order valence-electron chi connectivity index (χ0n) is 16.8. The van der Waals surface area contributed by atoms with Gasteiger partial charge in [-0.2, -0.15) is 5.10 Å². The molecule has 8 nitrogen and oxygen atoms in total. The number of sulfonamides is 1. The Morgan fingerprint density at radius 1 is 1.26 bits per heavy atom. The van der Waals surface area contributed by atoms with Gasteiger partial charge in [-0.3, -0.25) is 4.79 Å². The Bertz CT molecular complexity index is 1250. The van der Waals surface area contributed by atoms with Gasteiger partial charge in [-0.1, -0.05) is 11.6 Å². The van der Waals surface area contributed by atoms with Crippen LogP contribution in [0.3, 0.4) is 0 Å². The van der Waals surface area contributed by atoms with Crippen molar-refractivity contribution < 1.29 is 13.2 Å². The first-order valence-electron chi connectivity index (χ1n) is 9.71. The first-order valence-corrected chi connectivity index (χ1v) is 12.8. The maximum absolute atomic E-state index is 13.2. The zero-order valence-corrected chi connectivity index (χ0v) is 19.2. The lowest BCUT2D eigenvalue weighted by Gasteiger charge is -2.30. The van der Waals surface area contributed by atoms with Crippen LogP contribution in [-0.4, -0.2) is 52.2 Å². The molecule has 1 fully saturated rings. The number of aromatic nitrogens is 3. The van der Waals surface area contributed by atoms with Crippen LogP contribution in [0.4, 0.5) is 0 Å². The van der Waals surface area contributed by atoms with Gasteiger partial charge < -0.3 is 0 Å². The summed E-state index contributed by atoms with van der Waals surface area (Å²) in [5.74, 6) is -0.0302. The van der Waals surface area contributed by atoms with Crippen molar-refractivity contribution in [1.29, 1.82) is 0 Å². The molecule has 1 aliphatic rings. The Morgan fingerprint density at radius 3 is 2.65 bits per heavy atom. The van der Waals surface area contributed by atoms with Crippen molar-refractivity contribution in [3.05, 3.63) is 68.7 Å². The number of Topliss-reactive ketones (excluding diaryl/α,β-unsaturated/α-hetero) is 1. The predicted molar refractivity (Wildman–Crippen MR) is 120 cm³/mol. The van der Waals surface area contributed by atoms with Crippen molar-refractivity contribution in [2.45, 2.75) is 25.3 Å². The Balaban J connectivity index is 1.71. The van der Waals surface area contributed by atoms with Gasteiger partial charge in [0.1, 0.15) is 17.4 Å². The second-order valence-corrected chi connectivity index (χ2v) is 10.8. The van der Waals surface area contributed by atoms with Crippen LogP contribution in [0.1, 0.15) is 34.9 Å². The molecule has 0 aliphatic carbocycles. The van der Waals surface area contributed by atoms with Gasteiger partial charge in [0, 0.05) is 29.6 Å². The SMILES string of the molecule is CS(=O)(=O)N1CCCC(c2nn(CC(=O)c3ccc(Cl)cc3)c(=O)n2-c2cccs2)C1. The molecule has 0 radical (unpaired) electrons. The third-order valence-corrected chi connectivity index (χ3v) is 7.64. The van der Waals surface area contributed by atoms with Crippen LogP contribution in [0, 0.1) is 0 Å². The normalized spacial score (nSPS) is 17.7. The molecule has 31 heavy (non-hydrogen) atoms. The van der Waals surface area contributed by atoms with Crippen molar-refractivity contribution in [2.24, 2.45) is 0 Å². The number of rotatable bonds is 6. The largest absolute Gasteiger partial charge is 0.351 e. The maximum atomic E-state index is 13.2. The van der Waals surface area contributed by atoms with Crippen LogP contribution < -0.4 is 5.69 Å². The van der Waals surface area contributed by atoms with Gasteiger partial charge in [0.15, 0.2) is 5.78 Å². The zero-order chi connectivity index (χ0) is 22.2. The second kappa shape index (κ2) is 8.70. The molecule has 2 aromatic heterocycles. The molecule has 0 bridgehead atoms. The van der Waals surface area contributed by atoms with E-state index in [1.165, 1.54) is 26.5 Å². The van der Waals surface area contributed by atoms with Crippen LogP contribution in [0.15, 0.2) is 46.6 Å². The Morgan fingerprint density at radius 2 is 2.00 bits per heavy atom. The molecule has 3 aromatic rings. The molecule has 4 rings (SSSR count). The minimum absolute atomic E-state index is 0.214. The molecule has 0 spiro atoms. The van der Waals surface area contributed by atoms with E-state index in [1.807, 2.05) is 11.4 Å². The predicted octanol–water partition coefficient (Wildman–Crippen LogP) is 2.77. The standard InChI is InChI=1S/C20H21ClN4O4S2/c1-31(28,29)23-10-2-4-15(12-23)19-22-24(20(27)25(19)18-5-3-11-30-18)13-17(26)14-6-8-16(21)9-7-14/h3,5-9,11,15H,2,4,10,12-13H2,1H3. The van der Waals surface area contributed by atoms with E-state index >= 15 is 0 Å². The number of hydrogen-bond acceptors (Lipinski definition) is 6. The van der Waals surface area contributed by atoms with E-state index < -0.39 is 15.7 Å². The molecule has 164 valence electrons. The Kier molecular flexibility index (Phi) is 6.16. The van der Waals surface area contributed by atoms with Crippen LogP contribution in [0.5, 0.6) is 0 Å². The third-order valence-electron chi connectivity index (χ3n) is 5.27. The van der Waals surface area contributed by atoms with E-state index in [2.05, 4.69) is 5.10 Å². The summed E-state index contributed by atoms with van der Waals surface area (Å²) in [5.41, 5.74) is 0.0145. The van der Waals surface area contributed by atoms with Crippen molar-refractivity contribution in [2.75, 3.05) is 19.3 Å². The number of thiophene rings is 1. The van der Waals surface area contributed by atoms with Gasteiger partial charge in [0.25, 0.3) is 0 Å². The Hall–Kier alpha value is -2.27. The van der Waals surface area contributed by atoms with E-state index in [0.29, 0.717) is 40.8 Å². The van der Waals surface area contributed by atoms with Gasteiger partial charge in [-0.15, -0.1) is 11.3 Å². The van der Waals surface area contributed by atoms with Crippen molar-refractivity contribution in [1.82, 2.24) is 18.7 Å². The smallest absolute Gasteiger partial charge is 0.292 e. The summed E-state index contributed by atoms with van der Waals surface area (Å²) in [6.45, 7) is 0.495. The lowest BCUT2D eigenvalue weighted by molar-refractivity contribution is 0.0966. The lowest BCUT2D eigenvalue weighted by Crippen LogP contribution is -2.39. The third kappa shape index (κ3) is 4.67. The van der Waals surface area contributed by atoms with Crippen LogP contribution >= 0.6 is 22.9 Å². The fourth-order valence-electron chi connectivity index (χ4n) is 3.71. The minimum atomic E-state index is -3.35. The second-order valence-electron chi connectivity index (χ2n) is 7.48. The fraction of sp³-hybridized carbons (Fsp3) is 0.350. The molecule has 1 atom stereocenters. The molecule has 1 aliphatic heterocycles. The van der Waals surface area contributed by atoms with Crippen LogP contribution in [-0.2, 0) is 16.6 Å². The molecule has 1 unspecified atom stereocenters. The summed E-state index contributed by atoms with van der Waals surface area (Å²) in [7, 11) is -3.35. The van der Waals surface area contributed by atoms with Gasteiger partial charge in [-0.05, 0) is 54.6 Å². The van der Waals surface area contributed by atoms with E-state index in [0.717, 1.165) is 4.68 Å². The molecule has 11 heteroatoms. The number of piperidine rings is 1. The molecule has 1 saturated heterocycles. The topological polar surface area (TPSA) is 94.3 Å². The first kappa shape index (κ1) is 21.9. The number of carbonyl (C=O) groups is 1. The number of benzene rings is 1. The maximum Gasteiger partial charge on any atom is 0.351 e. The average molecular weight is 481 g/mol. The number of nitrogens with zero attached hydrogens (tertiary/aromatic N) is 4. The van der Waals surface area contributed by atoms with Gasteiger partial charge in [0.05, 0.1) is 6.26 Å². The summed E-state index contributed by atoms with van der Waals surface area (Å²) < 4.78 is 28.2. The van der Waals surface area contributed by atoms with E-state index in [4.69, 9.17) is 11.6 Å². The van der Waals surface area contributed by atoms with Crippen molar-refractivity contribution >= 4 is 38.7 Å². The first-order chi connectivity index (χ1) is 14.7. The van der Waals surface area contributed by atoms with Gasteiger partial charge >= 0.3 is 5.69 Å². The summed E-state index contributed by atoms with van der Waals surface area (Å²) in [5, 5.41) is 7.55.